The fraction of sp³-hybridized carbons (Fsp3) is 0.538. The van der Waals surface area contributed by atoms with Crippen LogP contribution in [0.1, 0.15) is 18.5 Å². The van der Waals surface area contributed by atoms with Crippen molar-refractivity contribution in [2.45, 2.75) is 19.0 Å². The molecule has 1 aliphatic rings. The van der Waals surface area contributed by atoms with Gasteiger partial charge >= 0.3 is 0 Å². The molecule has 1 aliphatic heterocycles. The second-order valence-corrected chi connectivity index (χ2v) is 4.57. The summed E-state index contributed by atoms with van der Waals surface area (Å²) >= 11 is 0. The molecule has 3 N–H and O–H groups in total. The first-order chi connectivity index (χ1) is 8.65. The topological polar surface area (TPSA) is 58.7 Å². The molecular formula is C13H19FN2O2. The van der Waals surface area contributed by atoms with Crippen molar-refractivity contribution in [3.63, 3.8) is 0 Å². The summed E-state index contributed by atoms with van der Waals surface area (Å²) in [5.41, 5.74) is 7.10. The average molecular weight is 254 g/mol. The predicted octanol–water partition coefficient (Wildman–Crippen LogP) is 1.04. The summed E-state index contributed by atoms with van der Waals surface area (Å²) in [4.78, 5) is 1.98. The van der Waals surface area contributed by atoms with Crippen molar-refractivity contribution in [3.8, 4) is 0 Å². The molecule has 0 saturated carbocycles. The Morgan fingerprint density at radius 2 is 2.39 bits per heavy atom. The number of benzene rings is 1. The van der Waals surface area contributed by atoms with E-state index in [-0.39, 0.29) is 24.5 Å². The average Bonchev–Trinajstić information content (AvgIpc) is 2.38. The van der Waals surface area contributed by atoms with Crippen LogP contribution in [0.3, 0.4) is 0 Å². The lowest BCUT2D eigenvalue weighted by Gasteiger charge is -2.38. The molecule has 0 radical (unpaired) electrons. The Labute approximate surface area is 106 Å². The Hall–Kier alpha value is -1.17. The zero-order valence-corrected chi connectivity index (χ0v) is 10.5. The quantitative estimate of drug-likeness (QED) is 0.846. The number of aliphatic hydroxyl groups is 1. The Kier molecular flexibility index (Phi) is 4.16. The Morgan fingerprint density at radius 3 is 3.06 bits per heavy atom. The zero-order chi connectivity index (χ0) is 13.1. The van der Waals surface area contributed by atoms with Crippen molar-refractivity contribution in [1.82, 2.24) is 0 Å². The van der Waals surface area contributed by atoms with E-state index in [0.29, 0.717) is 25.3 Å². The molecule has 4 nitrogen and oxygen atoms in total. The number of aliphatic hydroxyl groups excluding tert-OH is 1. The molecule has 18 heavy (non-hydrogen) atoms. The van der Waals surface area contributed by atoms with Crippen molar-refractivity contribution < 1.29 is 14.2 Å². The highest BCUT2D eigenvalue weighted by Gasteiger charge is 2.26. The summed E-state index contributed by atoms with van der Waals surface area (Å²) < 4.78 is 19.2. The van der Waals surface area contributed by atoms with E-state index in [4.69, 9.17) is 10.5 Å². The molecule has 1 heterocycles. The Morgan fingerprint density at radius 1 is 1.61 bits per heavy atom. The number of hydrogen-bond acceptors (Lipinski definition) is 4. The molecule has 1 aromatic rings. The highest BCUT2D eigenvalue weighted by Crippen LogP contribution is 2.30. The lowest BCUT2D eigenvalue weighted by Crippen LogP contribution is -2.48. The van der Waals surface area contributed by atoms with Gasteiger partial charge in [-0.25, -0.2) is 4.39 Å². The van der Waals surface area contributed by atoms with Crippen LogP contribution in [0.4, 0.5) is 10.1 Å². The van der Waals surface area contributed by atoms with E-state index < -0.39 is 0 Å². The molecule has 0 aliphatic carbocycles. The molecule has 1 fully saturated rings. The van der Waals surface area contributed by atoms with Gasteiger partial charge in [-0.05, 0) is 19.1 Å². The number of morpholine rings is 1. The van der Waals surface area contributed by atoms with Crippen LogP contribution in [-0.2, 0) is 4.74 Å². The molecule has 5 heteroatoms. The predicted molar refractivity (Wildman–Crippen MR) is 68.0 cm³/mol. The number of ether oxygens (including phenoxy) is 1. The molecule has 0 spiro atoms. The van der Waals surface area contributed by atoms with Crippen molar-refractivity contribution in [2.75, 3.05) is 31.3 Å². The highest BCUT2D eigenvalue weighted by molar-refractivity contribution is 5.56. The summed E-state index contributed by atoms with van der Waals surface area (Å²) in [7, 11) is 0. The molecule has 2 rings (SSSR count). The van der Waals surface area contributed by atoms with Crippen LogP contribution < -0.4 is 10.6 Å². The van der Waals surface area contributed by atoms with Gasteiger partial charge in [0, 0.05) is 23.8 Å². The van der Waals surface area contributed by atoms with Crippen LogP contribution in [0, 0.1) is 5.82 Å². The van der Waals surface area contributed by atoms with E-state index in [1.165, 1.54) is 6.07 Å². The number of hydrogen-bond donors (Lipinski definition) is 2. The van der Waals surface area contributed by atoms with E-state index in [1.54, 1.807) is 13.0 Å². The van der Waals surface area contributed by atoms with E-state index in [9.17, 15) is 9.50 Å². The summed E-state index contributed by atoms with van der Waals surface area (Å²) in [6.07, 6.45) is 0. The monoisotopic (exact) mass is 254 g/mol. The van der Waals surface area contributed by atoms with Gasteiger partial charge in [-0.2, -0.15) is 0 Å². The van der Waals surface area contributed by atoms with Crippen LogP contribution in [-0.4, -0.2) is 37.5 Å². The largest absolute Gasteiger partial charge is 0.394 e. The first-order valence-corrected chi connectivity index (χ1v) is 6.14. The van der Waals surface area contributed by atoms with Crippen LogP contribution in [0.15, 0.2) is 18.2 Å². The van der Waals surface area contributed by atoms with E-state index in [0.717, 1.165) is 5.69 Å². The molecule has 0 aromatic heterocycles. The van der Waals surface area contributed by atoms with Gasteiger partial charge in [-0.1, -0.05) is 6.07 Å². The smallest absolute Gasteiger partial charge is 0.130 e. The van der Waals surface area contributed by atoms with E-state index in [2.05, 4.69) is 0 Å². The number of anilines is 1. The maximum absolute atomic E-state index is 13.9. The Bertz CT molecular complexity index is 412. The first kappa shape index (κ1) is 13.3. The second-order valence-electron chi connectivity index (χ2n) is 4.57. The number of rotatable bonds is 3. The molecule has 1 unspecified atom stereocenters. The van der Waals surface area contributed by atoms with Crippen LogP contribution in [0.2, 0.25) is 0 Å². The third kappa shape index (κ3) is 2.48. The lowest BCUT2D eigenvalue weighted by molar-refractivity contribution is 0.0725. The van der Waals surface area contributed by atoms with Gasteiger partial charge in [0.05, 0.1) is 25.9 Å². The minimum atomic E-state index is -0.386. The maximum atomic E-state index is 13.9. The van der Waals surface area contributed by atoms with Crippen LogP contribution in [0.25, 0.3) is 0 Å². The summed E-state index contributed by atoms with van der Waals surface area (Å²) in [5, 5.41) is 9.37. The van der Waals surface area contributed by atoms with Gasteiger partial charge in [0.25, 0.3) is 0 Å². The normalized spacial score (nSPS) is 22.0. The van der Waals surface area contributed by atoms with Gasteiger partial charge in [0.1, 0.15) is 5.82 Å². The minimum absolute atomic E-state index is 0.0189. The van der Waals surface area contributed by atoms with Gasteiger partial charge < -0.3 is 20.5 Å². The molecule has 0 amide bonds. The molecule has 0 bridgehead atoms. The van der Waals surface area contributed by atoms with Gasteiger partial charge in [-0.15, -0.1) is 0 Å². The fourth-order valence-corrected chi connectivity index (χ4v) is 2.35. The molecule has 1 saturated heterocycles. The summed E-state index contributed by atoms with van der Waals surface area (Å²) in [6.45, 7) is 3.40. The van der Waals surface area contributed by atoms with Gasteiger partial charge in [-0.3, -0.25) is 0 Å². The SMILES string of the molecule is C[C@@H](N)c1c(F)cccc1N1CCOCC1CO. The Balaban J connectivity index is 2.39. The number of nitrogens with zero attached hydrogens (tertiary/aromatic N) is 1. The minimum Gasteiger partial charge on any atom is -0.394 e. The van der Waals surface area contributed by atoms with E-state index >= 15 is 0 Å². The number of nitrogens with two attached hydrogens (primary N) is 1. The van der Waals surface area contributed by atoms with Crippen molar-refractivity contribution >= 4 is 5.69 Å². The van der Waals surface area contributed by atoms with Crippen molar-refractivity contribution in [3.05, 3.63) is 29.6 Å². The molecule has 2 atom stereocenters. The fourth-order valence-electron chi connectivity index (χ4n) is 2.35. The summed E-state index contributed by atoms with van der Waals surface area (Å²) in [6, 6.07) is 4.40. The third-order valence-corrected chi connectivity index (χ3v) is 3.23. The summed E-state index contributed by atoms with van der Waals surface area (Å²) in [5.74, 6) is -0.300. The highest BCUT2D eigenvalue weighted by atomic mass is 19.1. The number of halogens is 1. The van der Waals surface area contributed by atoms with Crippen LogP contribution >= 0.6 is 0 Å². The van der Waals surface area contributed by atoms with E-state index in [1.807, 2.05) is 11.0 Å². The third-order valence-electron chi connectivity index (χ3n) is 3.23. The first-order valence-electron chi connectivity index (χ1n) is 6.14. The van der Waals surface area contributed by atoms with Crippen LogP contribution in [0.5, 0.6) is 0 Å². The zero-order valence-electron chi connectivity index (χ0n) is 10.5. The van der Waals surface area contributed by atoms with Gasteiger partial charge in [0.15, 0.2) is 0 Å². The standard InChI is InChI=1S/C13H19FN2O2/c1-9(15)13-11(14)3-2-4-12(13)16-5-6-18-8-10(16)7-17/h2-4,9-10,17H,5-8,15H2,1H3/t9-,10?/m1/s1. The van der Waals surface area contributed by atoms with Crippen molar-refractivity contribution in [2.24, 2.45) is 5.73 Å². The molecule has 100 valence electrons. The maximum Gasteiger partial charge on any atom is 0.130 e. The van der Waals surface area contributed by atoms with Gasteiger partial charge in [0.2, 0.25) is 0 Å². The lowest BCUT2D eigenvalue weighted by atomic mass is 10.0. The second kappa shape index (κ2) is 5.65. The molecular weight excluding hydrogens is 235 g/mol. The van der Waals surface area contributed by atoms with Crippen molar-refractivity contribution in [1.29, 1.82) is 0 Å². The molecule has 1 aromatic carbocycles.